The predicted octanol–water partition coefficient (Wildman–Crippen LogP) is 4.20. The number of rotatable bonds is 7. The summed E-state index contributed by atoms with van der Waals surface area (Å²) < 4.78 is 46.8. The number of aryl methyl sites for hydroxylation is 1. The molecule has 0 bridgehead atoms. The quantitative estimate of drug-likeness (QED) is 0.244. The Hall–Kier alpha value is -5.21. The molecule has 15 heteroatoms. The number of hydrogen-bond acceptors (Lipinski definition) is 8. The van der Waals surface area contributed by atoms with E-state index in [0.29, 0.717) is 11.4 Å². The highest BCUT2D eigenvalue weighted by Gasteiger charge is 2.35. The zero-order valence-electron chi connectivity index (χ0n) is 18.9. The van der Waals surface area contributed by atoms with Gasteiger partial charge in [-0.2, -0.15) is 23.3 Å². The topological polar surface area (TPSA) is 173 Å². The molecule has 0 aliphatic heterocycles. The van der Waals surface area contributed by atoms with E-state index in [4.69, 9.17) is 10.5 Å². The molecule has 37 heavy (non-hydrogen) atoms. The van der Waals surface area contributed by atoms with E-state index < -0.39 is 29.4 Å². The second-order valence-corrected chi connectivity index (χ2v) is 7.46. The van der Waals surface area contributed by atoms with Crippen LogP contribution < -0.4 is 26.4 Å². The molecule has 0 atom stereocenters. The molecule has 0 radical (unpaired) electrons. The molecule has 0 spiro atoms. The monoisotopic (exact) mass is 513 g/mol. The number of anilines is 4. The number of pyridine rings is 1. The molecule has 12 nitrogen and oxygen atoms in total. The van der Waals surface area contributed by atoms with Gasteiger partial charge in [0, 0.05) is 41.6 Å². The zero-order valence-corrected chi connectivity index (χ0v) is 18.9. The molecule has 0 saturated heterocycles. The van der Waals surface area contributed by atoms with Gasteiger partial charge in [0.05, 0.1) is 0 Å². The first-order valence-corrected chi connectivity index (χ1v) is 10.4. The van der Waals surface area contributed by atoms with Crippen molar-refractivity contribution in [2.24, 2.45) is 5.73 Å². The minimum atomic E-state index is -4.82. The Labute approximate surface area is 206 Å². The number of aromatic nitrogens is 5. The Bertz CT molecular complexity index is 1440. The van der Waals surface area contributed by atoms with Crippen LogP contribution in [0.4, 0.5) is 41.0 Å². The average molecular weight is 513 g/mol. The highest BCUT2D eigenvalue weighted by Crippen LogP contribution is 2.39. The number of halogens is 3. The van der Waals surface area contributed by atoms with Crippen LogP contribution in [0.25, 0.3) is 0 Å². The van der Waals surface area contributed by atoms with Gasteiger partial charge in [0.1, 0.15) is 22.8 Å². The van der Waals surface area contributed by atoms with Crippen LogP contribution in [-0.4, -0.2) is 37.1 Å². The Kier molecular flexibility index (Phi) is 6.86. The lowest BCUT2D eigenvalue weighted by Gasteiger charge is -2.15. The number of alkyl halides is 3. The van der Waals surface area contributed by atoms with Crippen LogP contribution in [-0.2, 0) is 6.18 Å². The molecule has 3 aromatic heterocycles. The van der Waals surface area contributed by atoms with Gasteiger partial charge in [0.15, 0.2) is 5.82 Å². The number of aromatic amines is 1. The highest BCUT2D eigenvalue weighted by atomic mass is 19.4. The van der Waals surface area contributed by atoms with Gasteiger partial charge in [-0.1, -0.05) is 0 Å². The van der Waals surface area contributed by atoms with E-state index in [-0.39, 0.29) is 29.0 Å². The second-order valence-electron chi connectivity index (χ2n) is 7.46. The van der Waals surface area contributed by atoms with Crippen molar-refractivity contribution in [3.63, 3.8) is 0 Å². The predicted molar refractivity (Wildman–Crippen MR) is 126 cm³/mol. The SMILES string of the molecule is Cc1cc(Nc2cc(C(N)=O)[nH]n2)nc(Oc2ccc(NC(=O)Nc3ccncc3)cc2C(F)(F)F)n1. The molecule has 4 rings (SSSR count). The summed E-state index contributed by atoms with van der Waals surface area (Å²) in [5, 5.41) is 13.9. The standard InChI is InChI=1S/C22H18F3N9O3/c1-11-8-17(31-18-10-15(19(26)35)33-34-18)32-21(28-11)37-16-3-2-13(9-14(16)22(23,24)25)30-20(36)29-12-4-6-27-7-5-12/h2-10H,1H3,(H2,26,35)(H2,27,29,30,36)(H2,28,31,32,33,34). The van der Waals surface area contributed by atoms with Crippen LogP contribution in [0.2, 0.25) is 0 Å². The van der Waals surface area contributed by atoms with Gasteiger partial charge in [0.25, 0.3) is 5.91 Å². The number of benzene rings is 1. The molecule has 3 heterocycles. The average Bonchev–Trinajstić information content (AvgIpc) is 3.28. The highest BCUT2D eigenvalue weighted by molar-refractivity contribution is 5.99. The van der Waals surface area contributed by atoms with Crippen molar-refractivity contribution in [3.8, 4) is 11.8 Å². The smallest absolute Gasteiger partial charge is 0.420 e. The van der Waals surface area contributed by atoms with E-state index in [2.05, 4.69) is 41.1 Å². The fourth-order valence-electron chi connectivity index (χ4n) is 3.04. The van der Waals surface area contributed by atoms with Gasteiger partial charge in [-0.25, -0.2) is 9.78 Å². The first kappa shape index (κ1) is 24.9. The lowest BCUT2D eigenvalue weighted by Crippen LogP contribution is -2.20. The Morgan fingerprint density at radius 3 is 2.38 bits per heavy atom. The summed E-state index contributed by atoms with van der Waals surface area (Å²) in [6.45, 7) is 1.58. The molecule has 0 aliphatic rings. The van der Waals surface area contributed by atoms with Crippen LogP contribution in [0, 0.1) is 6.92 Å². The lowest BCUT2D eigenvalue weighted by atomic mass is 10.1. The Balaban J connectivity index is 1.54. The van der Waals surface area contributed by atoms with Crippen molar-refractivity contribution < 1.29 is 27.5 Å². The summed E-state index contributed by atoms with van der Waals surface area (Å²) in [5.41, 5.74) is 4.71. The van der Waals surface area contributed by atoms with Crippen LogP contribution in [0.3, 0.4) is 0 Å². The fourth-order valence-corrected chi connectivity index (χ4v) is 3.04. The molecule has 4 aromatic rings. The van der Waals surface area contributed by atoms with E-state index in [1.165, 1.54) is 42.7 Å². The van der Waals surface area contributed by atoms with Crippen LogP contribution in [0.15, 0.2) is 54.9 Å². The van der Waals surface area contributed by atoms with E-state index in [1.807, 2.05) is 0 Å². The van der Waals surface area contributed by atoms with Crippen molar-refractivity contribution in [3.05, 3.63) is 71.8 Å². The molecule has 6 N–H and O–H groups in total. The number of H-pyrrole nitrogens is 1. The first-order valence-electron chi connectivity index (χ1n) is 10.4. The summed E-state index contributed by atoms with van der Waals surface area (Å²) in [6.07, 6.45) is -1.92. The van der Waals surface area contributed by atoms with Crippen LogP contribution >= 0.6 is 0 Å². The summed E-state index contributed by atoms with van der Waals surface area (Å²) in [4.78, 5) is 35.3. The summed E-state index contributed by atoms with van der Waals surface area (Å²) >= 11 is 0. The maximum Gasteiger partial charge on any atom is 0.420 e. The van der Waals surface area contributed by atoms with Gasteiger partial charge in [0.2, 0.25) is 0 Å². The molecule has 190 valence electrons. The molecule has 3 amide bonds. The van der Waals surface area contributed by atoms with Crippen molar-refractivity contribution in [2.75, 3.05) is 16.0 Å². The third-order valence-corrected chi connectivity index (χ3v) is 4.62. The number of carbonyl (C=O) groups is 2. The third-order valence-electron chi connectivity index (χ3n) is 4.62. The van der Waals surface area contributed by atoms with Gasteiger partial charge in [-0.15, -0.1) is 0 Å². The summed E-state index contributed by atoms with van der Waals surface area (Å²) in [6, 6.07) is 7.74. The molecule has 0 saturated carbocycles. The summed E-state index contributed by atoms with van der Waals surface area (Å²) in [7, 11) is 0. The fraction of sp³-hybridized carbons (Fsp3) is 0.0909. The minimum absolute atomic E-state index is 0.0442. The minimum Gasteiger partial charge on any atom is -0.424 e. The van der Waals surface area contributed by atoms with E-state index in [9.17, 15) is 22.8 Å². The maximum atomic E-state index is 13.8. The lowest BCUT2D eigenvalue weighted by molar-refractivity contribution is -0.138. The molecule has 0 fully saturated rings. The van der Waals surface area contributed by atoms with Crippen molar-refractivity contribution >= 4 is 34.9 Å². The summed E-state index contributed by atoms with van der Waals surface area (Å²) in [5.74, 6) is -0.977. The number of amides is 3. The third kappa shape index (κ3) is 6.47. The van der Waals surface area contributed by atoms with Crippen LogP contribution in [0.5, 0.6) is 11.8 Å². The maximum absolute atomic E-state index is 13.8. The van der Waals surface area contributed by atoms with Crippen molar-refractivity contribution in [1.82, 2.24) is 25.1 Å². The number of carbonyl (C=O) groups excluding carboxylic acids is 2. The Morgan fingerprint density at radius 1 is 0.973 bits per heavy atom. The van der Waals surface area contributed by atoms with E-state index in [0.717, 1.165) is 12.1 Å². The first-order chi connectivity index (χ1) is 17.6. The van der Waals surface area contributed by atoms with E-state index in [1.54, 1.807) is 6.92 Å². The van der Waals surface area contributed by atoms with Gasteiger partial charge in [-0.3, -0.25) is 14.9 Å². The number of urea groups is 1. The molecule has 0 unspecified atom stereocenters. The number of nitrogens with one attached hydrogen (secondary N) is 4. The van der Waals surface area contributed by atoms with Gasteiger partial charge >= 0.3 is 18.2 Å². The molecule has 0 aliphatic carbocycles. The van der Waals surface area contributed by atoms with Gasteiger partial charge < -0.3 is 26.4 Å². The van der Waals surface area contributed by atoms with Crippen molar-refractivity contribution in [1.29, 1.82) is 0 Å². The molecular formula is C22H18F3N9O3. The molecular weight excluding hydrogens is 495 g/mol. The number of nitrogens with two attached hydrogens (primary N) is 1. The van der Waals surface area contributed by atoms with E-state index >= 15 is 0 Å². The number of primary amides is 1. The normalized spacial score (nSPS) is 11.0. The van der Waals surface area contributed by atoms with Crippen LogP contribution in [0.1, 0.15) is 21.7 Å². The number of ether oxygens (including phenoxy) is 1. The number of hydrogen-bond donors (Lipinski definition) is 5. The Morgan fingerprint density at radius 2 is 1.70 bits per heavy atom. The zero-order chi connectivity index (χ0) is 26.6. The number of nitrogens with zero attached hydrogens (tertiary/aromatic N) is 4. The second kappa shape index (κ2) is 10.2. The van der Waals surface area contributed by atoms with Gasteiger partial charge in [-0.05, 0) is 37.3 Å². The largest absolute Gasteiger partial charge is 0.424 e. The van der Waals surface area contributed by atoms with Crippen molar-refractivity contribution in [2.45, 2.75) is 13.1 Å². The molecule has 1 aromatic carbocycles.